The summed E-state index contributed by atoms with van der Waals surface area (Å²) in [6.07, 6.45) is 2.33. The molecule has 1 aliphatic heterocycles. The van der Waals surface area contributed by atoms with Gasteiger partial charge in [-0.25, -0.2) is 0 Å². The molecule has 18 heavy (non-hydrogen) atoms. The van der Waals surface area contributed by atoms with E-state index in [0.29, 0.717) is 11.3 Å². The summed E-state index contributed by atoms with van der Waals surface area (Å²) in [6, 6.07) is 5.14. The van der Waals surface area contributed by atoms with Gasteiger partial charge in [-0.15, -0.1) is 0 Å². The van der Waals surface area contributed by atoms with Crippen LogP contribution in [0.5, 0.6) is 0 Å². The quantitative estimate of drug-likeness (QED) is 0.782. The number of nitrogens with zero attached hydrogens (tertiary/aromatic N) is 1. The van der Waals surface area contributed by atoms with Gasteiger partial charge >= 0.3 is 0 Å². The number of nitrogen functional groups attached to an aromatic ring is 1. The largest absolute Gasteiger partial charge is 0.397 e. The average Bonchev–Trinajstić information content (AvgIpc) is 2.39. The lowest BCUT2D eigenvalue weighted by Crippen LogP contribution is -2.39. The highest BCUT2D eigenvalue weighted by atomic mass is 16.5. The van der Waals surface area contributed by atoms with Crippen molar-refractivity contribution in [3.63, 3.8) is 0 Å². The fourth-order valence-corrected chi connectivity index (χ4v) is 2.32. The van der Waals surface area contributed by atoms with E-state index in [9.17, 15) is 4.79 Å². The van der Waals surface area contributed by atoms with Crippen molar-refractivity contribution in [2.45, 2.75) is 18.9 Å². The van der Waals surface area contributed by atoms with Crippen LogP contribution in [0, 0.1) is 0 Å². The molecule has 1 aliphatic rings. The van der Waals surface area contributed by atoms with Crippen LogP contribution in [0.2, 0.25) is 0 Å². The highest BCUT2D eigenvalue weighted by Gasteiger charge is 2.21. The average molecular weight is 249 g/mol. The van der Waals surface area contributed by atoms with E-state index < -0.39 is 5.91 Å². The number of carbonyl (C=O) groups is 1. The summed E-state index contributed by atoms with van der Waals surface area (Å²) in [7, 11) is 1.72. The molecule has 0 bridgehead atoms. The molecule has 1 saturated heterocycles. The first-order valence-electron chi connectivity index (χ1n) is 6.09. The van der Waals surface area contributed by atoms with Gasteiger partial charge in [0.05, 0.1) is 17.5 Å². The standard InChI is InChI=1S/C13H19N3O2/c1-18-10-3-2-6-16(8-10)12-7-9(13(15)17)4-5-11(12)14/h4-5,7,10H,2-3,6,8,14H2,1H3,(H2,15,17). The van der Waals surface area contributed by atoms with Gasteiger partial charge in [-0.2, -0.15) is 0 Å². The minimum absolute atomic E-state index is 0.218. The number of carbonyl (C=O) groups excluding carboxylic acids is 1. The molecule has 5 heteroatoms. The lowest BCUT2D eigenvalue weighted by Gasteiger charge is -2.34. The zero-order valence-electron chi connectivity index (χ0n) is 10.6. The smallest absolute Gasteiger partial charge is 0.248 e. The van der Waals surface area contributed by atoms with E-state index >= 15 is 0 Å². The molecule has 1 heterocycles. The van der Waals surface area contributed by atoms with Crippen LogP contribution in [-0.2, 0) is 4.74 Å². The summed E-state index contributed by atoms with van der Waals surface area (Å²) < 4.78 is 5.39. The van der Waals surface area contributed by atoms with E-state index in [0.717, 1.165) is 31.6 Å². The van der Waals surface area contributed by atoms with E-state index in [1.807, 2.05) is 0 Å². The summed E-state index contributed by atoms with van der Waals surface area (Å²) >= 11 is 0. The van der Waals surface area contributed by atoms with E-state index in [4.69, 9.17) is 16.2 Å². The molecule has 1 aromatic rings. The third-order valence-corrected chi connectivity index (χ3v) is 3.37. The molecule has 1 amide bonds. The van der Waals surface area contributed by atoms with E-state index in [1.54, 1.807) is 25.3 Å². The Hall–Kier alpha value is -1.75. The number of piperidine rings is 1. The van der Waals surface area contributed by atoms with Gasteiger partial charge in [-0.3, -0.25) is 4.79 Å². The summed E-state index contributed by atoms with van der Waals surface area (Å²) in [4.78, 5) is 13.4. The van der Waals surface area contributed by atoms with Crippen molar-refractivity contribution in [2.24, 2.45) is 5.73 Å². The van der Waals surface area contributed by atoms with Crippen molar-refractivity contribution < 1.29 is 9.53 Å². The molecule has 1 atom stereocenters. The Morgan fingerprint density at radius 1 is 1.50 bits per heavy atom. The minimum Gasteiger partial charge on any atom is -0.397 e. The van der Waals surface area contributed by atoms with Crippen molar-refractivity contribution in [3.8, 4) is 0 Å². The van der Waals surface area contributed by atoms with Gasteiger partial charge in [-0.05, 0) is 31.0 Å². The van der Waals surface area contributed by atoms with Gasteiger partial charge in [-0.1, -0.05) is 0 Å². The zero-order valence-corrected chi connectivity index (χ0v) is 10.6. The Morgan fingerprint density at radius 2 is 2.28 bits per heavy atom. The van der Waals surface area contributed by atoms with Gasteiger partial charge < -0.3 is 21.1 Å². The molecule has 0 aromatic heterocycles. The molecule has 98 valence electrons. The molecule has 0 aliphatic carbocycles. The van der Waals surface area contributed by atoms with Crippen molar-refractivity contribution in [2.75, 3.05) is 30.8 Å². The second-order valence-corrected chi connectivity index (χ2v) is 4.58. The monoisotopic (exact) mass is 249 g/mol. The van der Waals surface area contributed by atoms with Crippen LogP contribution < -0.4 is 16.4 Å². The van der Waals surface area contributed by atoms with Crippen LogP contribution in [0.4, 0.5) is 11.4 Å². The molecule has 0 saturated carbocycles. The molecule has 5 nitrogen and oxygen atoms in total. The number of nitrogens with two attached hydrogens (primary N) is 2. The SMILES string of the molecule is COC1CCCN(c2cc(C(N)=O)ccc2N)C1. The first-order valence-corrected chi connectivity index (χ1v) is 6.09. The third-order valence-electron chi connectivity index (χ3n) is 3.37. The minimum atomic E-state index is -0.434. The number of ether oxygens (including phenoxy) is 1. The summed E-state index contributed by atoms with van der Waals surface area (Å²) in [5.74, 6) is -0.434. The van der Waals surface area contributed by atoms with Crippen LogP contribution in [0.25, 0.3) is 0 Å². The fourth-order valence-electron chi connectivity index (χ4n) is 2.32. The number of methoxy groups -OCH3 is 1. The second-order valence-electron chi connectivity index (χ2n) is 4.58. The van der Waals surface area contributed by atoms with Gasteiger partial charge in [0.25, 0.3) is 0 Å². The Labute approximate surface area is 107 Å². The maximum absolute atomic E-state index is 11.2. The van der Waals surface area contributed by atoms with Crippen molar-refractivity contribution >= 4 is 17.3 Å². The molecule has 1 aromatic carbocycles. The van der Waals surface area contributed by atoms with Crippen molar-refractivity contribution in [1.82, 2.24) is 0 Å². The molecule has 0 radical (unpaired) electrons. The van der Waals surface area contributed by atoms with Crippen LogP contribution in [0.15, 0.2) is 18.2 Å². The maximum atomic E-state index is 11.2. The normalized spacial score (nSPS) is 19.8. The van der Waals surface area contributed by atoms with Gasteiger partial charge in [0.15, 0.2) is 0 Å². The third kappa shape index (κ3) is 2.56. The summed E-state index contributed by atoms with van der Waals surface area (Å²) in [5, 5.41) is 0. The van der Waals surface area contributed by atoms with Crippen LogP contribution in [0.3, 0.4) is 0 Å². The lowest BCUT2D eigenvalue weighted by molar-refractivity contribution is 0.0894. The highest BCUT2D eigenvalue weighted by Crippen LogP contribution is 2.28. The van der Waals surface area contributed by atoms with E-state index in [2.05, 4.69) is 4.90 Å². The van der Waals surface area contributed by atoms with Crippen LogP contribution in [-0.4, -0.2) is 32.2 Å². The molecule has 0 spiro atoms. The van der Waals surface area contributed by atoms with E-state index in [1.165, 1.54) is 0 Å². The Balaban J connectivity index is 2.26. The molecular weight excluding hydrogens is 230 g/mol. The van der Waals surface area contributed by atoms with Gasteiger partial charge in [0, 0.05) is 25.8 Å². The zero-order chi connectivity index (χ0) is 13.1. The molecule has 1 unspecified atom stereocenters. The Bertz CT molecular complexity index is 448. The second kappa shape index (κ2) is 5.27. The van der Waals surface area contributed by atoms with E-state index in [-0.39, 0.29) is 6.10 Å². The Morgan fingerprint density at radius 3 is 2.94 bits per heavy atom. The number of hydrogen-bond donors (Lipinski definition) is 2. The predicted octanol–water partition coefficient (Wildman–Crippen LogP) is 0.983. The number of amides is 1. The predicted molar refractivity (Wildman–Crippen MR) is 71.6 cm³/mol. The summed E-state index contributed by atoms with van der Waals surface area (Å²) in [5.41, 5.74) is 13.3. The highest BCUT2D eigenvalue weighted by molar-refractivity contribution is 5.95. The van der Waals surface area contributed by atoms with Gasteiger partial charge in [0.1, 0.15) is 0 Å². The number of anilines is 2. The fraction of sp³-hybridized carbons (Fsp3) is 0.462. The van der Waals surface area contributed by atoms with Crippen molar-refractivity contribution in [1.29, 1.82) is 0 Å². The number of benzene rings is 1. The molecule has 4 N–H and O–H groups in total. The van der Waals surface area contributed by atoms with Gasteiger partial charge in [0.2, 0.25) is 5.91 Å². The summed E-state index contributed by atoms with van der Waals surface area (Å²) in [6.45, 7) is 1.72. The number of rotatable bonds is 3. The van der Waals surface area contributed by atoms with Crippen LogP contribution in [0.1, 0.15) is 23.2 Å². The topological polar surface area (TPSA) is 81.6 Å². The number of hydrogen-bond acceptors (Lipinski definition) is 4. The Kier molecular flexibility index (Phi) is 3.72. The first kappa shape index (κ1) is 12.7. The van der Waals surface area contributed by atoms with Crippen molar-refractivity contribution in [3.05, 3.63) is 23.8 Å². The lowest BCUT2D eigenvalue weighted by atomic mass is 10.1. The molecular formula is C13H19N3O2. The first-order chi connectivity index (χ1) is 8.61. The molecule has 1 fully saturated rings. The molecule has 2 rings (SSSR count). The van der Waals surface area contributed by atoms with Crippen LogP contribution >= 0.6 is 0 Å². The maximum Gasteiger partial charge on any atom is 0.248 e. The number of primary amides is 1.